The van der Waals surface area contributed by atoms with Crippen LogP contribution in [0.15, 0.2) is 65.5 Å². The highest BCUT2D eigenvalue weighted by Crippen LogP contribution is 2.35. The van der Waals surface area contributed by atoms with E-state index in [-0.39, 0.29) is 18.2 Å². The number of nitrogens with zero attached hydrogens (tertiary/aromatic N) is 3. The van der Waals surface area contributed by atoms with E-state index in [1.807, 2.05) is 47.2 Å². The third kappa shape index (κ3) is 6.20. The Morgan fingerprint density at radius 3 is 2.59 bits per heavy atom. The summed E-state index contributed by atoms with van der Waals surface area (Å²) < 4.78 is 45.9. The molecule has 37 heavy (non-hydrogen) atoms. The van der Waals surface area contributed by atoms with E-state index in [2.05, 4.69) is 20.2 Å². The number of benzene rings is 1. The Kier molecular flexibility index (Phi) is 7.59. The summed E-state index contributed by atoms with van der Waals surface area (Å²) >= 11 is 1.47. The number of aromatic nitrogens is 2. The van der Waals surface area contributed by atoms with Crippen LogP contribution in [0.2, 0.25) is 0 Å². The lowest BCUT2D eigenvalue weighted by atomic mass is 10.0. The van der Waals surface area contributed by atoms with Gasteiger partial charge >= 0.3 is 6.18 Å². The Labute approximate surface area is 216 Å². The predicted molar refractivity (Wildman–Crippen MR) is 139 cm³/mol. The fraction of sp³-hybridized carbons (Fsp3) is 0.333. The average molecular weight is 529 g/mol. The Morgan fingerprint density at radius 2 is 1.89 bits per heavy atom. The van der Waals surface area contributed by atoms with E-state index < -0.39 is 18.0 Å². The van der Waals surface area contributed by atoms with Crippen LogP contribution in [-0.4, -0.2) is 58.4 Å². The summed E-state index contributed by atoms with van der Waals surface area (Å²) in [5.74, 6) is 1.26. The number of hydrogen-bond donors (Lipinski definition) is 2. The topological polar surface area (TPSA) is 70.5 Å². The van der Waals surface area contributed by atoms with Gasteiger partial charge in [0.25, 0.3) is 0 Å². The van der Waals surface area contributed by atoms with Crippen molar-refractivity contribution in [3.63, 3.8) is 0 Å². The van der Waals surface area contributed by atoms with Crippen LogP contribution >= 0.6 is 11.3 Å². The molecule has 0 saturated carbocycles. The first-order chi connectivity index (χ1) is 17.9. The Hall–Kier alpha value is -3.21. The fourth-order valence-corrected chi connectivity index (χ4v) is 5.19. The van der Waals surface area contributed by atoms with Gasteiger partial charge in [-0.25, -0.2) is 9.97 Å². The third-order valence-electron chi connectivity index (χ3n) is 6.43. The number of thiophene rings is 1. The van der Waals surface area contributed by atoms with Crippen LogP contribution in [0.25, 0.3) is 22.0 Å². The second-order valence-corrected chi connectivity index (χ2v) is 9.90. The number of aliphatic hydroxyl groups excluding tert-OH is 1. The average Bonchev–Trinajstić information content (AvgIpc) is 3.43. The zero-order valence-electron chi connectivity index (χ0n) is 20.0. The standard InChI is InChI=1S/C27H27F3N4O2S/c28-27(29,30)24-7-6-22-25(33-24)23(18-10-13-37-17-18)14-31-26(22)32-19-8-11-34(12-9-19)15-20(35)16-36-21-4-2-1-3-5-21/h1-7,10,13-14,17,19-20,35H,8-9,11-12,15-16H2,(H,31,32). The molecule has 5 rings (SSSR count). The van der Waals surface area contributed by atoms with Gasteiger partial charge in [0.15, 0.2) is 0 Å². The lowest BCUT2D eigenvalue weighted by Gasteiger charge is -2.33. The molecule has 0 bridgehead atoms. The number of β-amino-alcohol motifs (C(OH)–C–C–N with tert-alkyl or cyclic N) is 1. The molecule has 194 valence electrons. The van der Waals surface area contributed by atoms with Gasteiger partial charge in [0.05, 0.1) is 5.52 Å². The maximum absolute atomic E-state index is 13.4. The number of piperidine rings is 1. The fourth-order valence-electron chi connectivity index (χ4n) is 4.53. The van der Waals surface area contributed by atoms with Gasteiger partial charge in [-0.1, -0.05) is 18.2 Å². The van der Waals surface area contributed by atoms with Crippen LogP contribution < -0.4 is 10.1 Å². The molecular weight excluding hydrogens is 501 g/mol. The lowest BCUT2D eigenvalue weighted by Crippen LogP contribution is -2.43. The Balaban J connectivity index is 1.24. The van der Waals surface area contributed by atoms with Crippen molar-refractivity contribution in [1.82, 2.24) is 14.9 Å². The molecule has 1 atom stereocenters. The number of aliphatic hydroxyl groups is 1. The number of rotatable bonds is 8. The molecule has 4 aromatic rings. The number of pyridine rings is 2. The second kappa shape index (κ2) is 11.0. The van der Waals surface area contributed by atoms with Crippen LogP contribution in [0.3, 0.4) is 0 Å². The van der Waals surface area contributed by atoms with Crippen molar-refractivity contribution >= 4 is 28.1 Å². The van der Waals surface area contributed by atoms with Gasteiger partial charge in [0, 0.05) is 42.8 Å². The van der Waals surface area contributed by atoms with Crippen molar-refractivity contribution in [3.8, 4) is 16.9 Å². The smallest absolute Gasteiger partial charge is 0.433 e. The minimum atomic E-state index is -4.53. The molecule has 0 spiro atoms. The molecule has 1 fully saturated rings. The monoisotopic (exact) mass is 528 g/mol. The Morgan fingerprint density at radius 1 is 1.11 bits per heavy atom. The van der Waals surface area contributed by atoms with Crippen molar-refractivity contribution in [3.05, 3.63) is 71.2 Å². The predicted octanol–water partition coefficient (Wildman–Crippen LogP) is 5.69. The van der Waals surface area contributed by atoms with Gasteiger partial charge in [0.1, 0.15) is 30.0 Å². The van der Waals surface area contributed by atoms with Gasteiger partial charge in [0.2, 0.25) is 0 Å². The minimum absolute atomic E-state index is 0.110. The molecule has 2 N–H and O–H groups in total. The maximum atomic E-state index is 13.4. The molecule has 1 aromatic carbocycles. The first kappa shape index (κ1) is 25.4. The minimum Gasteiger partial charge on any atom is -0.491 e. The number of para-hydroxylation sites is 1. The summed E-state index contributed by atoms with van der Waals surface area (Å²) in [4.78, 5) is 10.8. The number of alkyl halides is 3. The normalized spacial score (nSPS) is 16.1. The molecule has 0 radical (unpaired) electrons. The van der Waals surface area contributed by atoms with Crippen LogP contribution in [0.1, 0.15) is 18.5 Å². The number of halogens is 3. The first-order valence-corrected chi connectivity index (χ1v) is 13.1. The van der Waals surface area contributed by atoms with E-state index in [0.29, 0.717) is 23.3 Å². The van der Waals surface area contributed by atoms with Crippen LogP contribution in [0, 0.1) is 0 Å². The number of likely N-dealkylation sites (tertiary alicyclic amines) is 1. The second-order valence-electron chi connectivity index (χ2n) is 9.12. The molecule has 1 unspecified atom stereocenters. The number of ether oxygens (including phenoxy) is 1. The van der Waals surface area contributed by atoms with Gasteiger partial charge in [-0.05, 0) is 59.5 Å². The van der Waals surface area contributed by atoms with Gasteiger partial charge in [-0.15, -0.1) is 0 Å². The van der Waals surface area contributed by atoms with E-state index >= 15 is 0 Å². The van der Waals surface area contributed by atoms with Gasteiger partial charge in [-0.2, -0.15) is 24.5 Å². The summed E-state index contributed by atoms with van der Waals surface area (Å²) in [6.07, 6.45) is -1.90. The summed E-state index contributed by atoms with van der Waals surface area (Å²) in [7, 11) is 0. The van der Waals surface area contributed by atoms with Crippen molar-refractivity contribution in [2.75, 3.05) is 31.6 Å². The van der Waals surface area contributed by atoms with Gasteiger partial charge < -0.3 is 20.1 Å². The number of fused-ring (bicyclic) bond motifs is 1. The molecule has 0 amide bonds. The van der Waals surface area contributed by atoms with Crippen LogP contribution in [0.4, 0.5) is 19.0 Å². The Bertz CT molecular complexity index is 1310. The maximum Gasteiger partial charge on any atom is 0.433 e. The van der Waals surface area contributed by atoms with E-state index in [9.17, 15) is 18.3 Å². The number of anilines is 1. The van der Waals surface area contributed by atoms with E-state index in [1.165, 1.54) is 17.4 Å². The largest absolute Gasteiger partial charge is 0.491 e. The lowest BCUT2D eigenvalue weighted by molar-refractivity contribution is -0.140. The summed E-state index contributed by atoms with van der Waals surface area (Å²) in [6, 6.07) is 13.8. The highest BCUT2D eigenvalue weighted by molar-refractivity contribution is 7.08. The number of hydrogen-bond acceptors (Lipinski definition) is 7. The molecule has 3 aromatic heterocycles. The van der Waals surface area contributed by atoms with E-state index in [0.717, 1.165) is 43.3 Å². The summed E-state index contributed by atoms with van der Waals surface area (Å²) in [5, 5.41) is 18.1. The highest BCUT2D eigenvalue weighted by Gasteiger charge is 2.33. The van der Waals surface area contributed by atoms with E-state index in [4.69, 9.17) is 4.74 Å². The van der Waals surface area contributed by atoms with Crippen LogP contribution in [-0.2, 0) is 6.18 Å². The van der Waals surface area contributed by atoms with Crippen LogP contribution in [0.5, 0.6) is 5.75 Å². The molecule has 4 heterocycles. The van der Waals surface area contributed by atoms with Crippen molar-refractivity contribution < 1.29 is 23.0 Å². The zero-order valence-corrected chi connectivity index (χ0v) is 20.8. The third-order valence-corrected chi connectivity index (χ3v) is 7.12. The van der Waals surface area contributed by atoms with Gasteiger partial charge in [-0.3, -0.25) is 0 Å². The van der Waals surface area contributed by atoms with E-state index in [1.54, 1.807) is 6.20 Å². The molecule has 1 saturated heterocycles. The zero-order chi connectivity index (χ0) is 25.8. The summed E-state index contributed by atoms with van der Waals surface area (Å²) in [5.41, 5.74) is 0.736. The quantitative estimate of drug-likeness (QED) is 0.306. The molecule has 1 aliphatic rings. The molecule has 6 nitrogen and oxygen atoms in total. The highest BCUT2D eigenvalue weighted by atomic mass is 32.1. The first-order valence-electron chi connectivity index (χ1n) is 12.1. The van der Waals surface area contributed by atoms with Crippen molar-refractivity contribution in [2.45, 2.75) is 31.2 Å². The molecular formula is C27H27F3N4O2S. The summed E-state index contributed by atoms with van der Waals surface area (Å²) in [6.45, 7) is 2.30. The molecule has 10 heteroatoms. The van der Waals surface area contributed by atoms with Crippen molar-refractivity contribution in [2.24, 2.45) is 0 Å². The SMILES string of the molecule is OC(COc1ccccc1)CN1CCC(Nc2ncc(-c3ccsc3)c3nc(C(F)(F)F)ccc23)CC1. The number of nitrogens with one attached hydrogen (secondary N) is 1. The molecule has 0 aliphatic carbocycles. The molecule has 1 aliphatic heterocycles. The van der Waals surface area contributed by atoms with Crippen molar-refractivity contribution in [1.29, 1.82) is 0 Å².